The molecule has 1 heterocycles. The van der Waals surface area contributed by atoms with Gasteiger partial charge in [-0.05, 0) is 18.2 Å². The maximum absolute atomic E-state index is 13.8. The molecule has 0 spiro atoms. The van der Waals surface area contributed by atoms with E-state index in [2.05, 4.69) is 4.98 Å². The molecule has 0 atom stereocenters. The van der Waals surface area contributed by atoms with Crippen LogP contribution in [-0.2, 0) is 6.54 Å². The molecule has 1 aromatic heterocycles. The van der Waals surface area contributed by atoms with Crippen molar-refractivity contribution in [1.29, 1.82) is 0 Å². The topological polar surface area (TPSA) is 53.1 Å². The predicted molar refractivity (Wildman–Crippen MR) is 76.2 cm³/mol. The van der Waals surface area contributed by atoms with Crippen LogP contribution in [0.4, 0.5) is 14.7 Å². The number of fused-ring (bicyclic) bond motifs is 1. The molecule has 2 aromatic carbocycles. The first-order valence-electron chi connectivity index (χ1n) is 6.33. The molecule has 0 saturated carbocycles. The number of halogens is 2. The van der Waals surface area contributed by atoms with Crippen LogP contribution in [-0.4, -0.2) is 16.7 Å². The first-order valence-corrected chi connectivity index (χ1v) is 6.33. The van der Waals surface area contributed by atoms with Crippen LogP contribution in [0.15, 0.2) is 36.4 Å². The molecule has 3 aromatic rings. The molecule has 0 saturated heterocycles. The molecule has 0 aliphatic carbocycles. The van der Waals surface area contributed by atoms with Crippen molar-refractivity contribution in [1.82, 2.24) is 9.55 Å². The molecule has 3 rings (SSSR count). The minimum absolute atomic E-state index is 0.168. The van der Waals surface area contributed by atoms with Crippen molar-refractivity contribution in [2.45, 2.75) is 6.54 Å². The van der Waals surface area contributed by atoms with Crippen LogP contribution in [0.3, 0.4) is 0 Å². The summed E-state index contributed by atoms with van der Waals surface area (Å²) in [5, 5.41) is 0. The van der Waals surface area contributed by atoms with Crippen LogP contribution in [0.2, 0.25) is 0 Å². The monoisotopic (exact) mass is 289 g/mol. The summed E-state index contributed by atoms with van der Waals surface area (Å²) in [6.45, 7) is 0.168. The van der Waals surface area contributed by atoms with Crippen molar-refractivity contribution in [3.05, 3.63) is 53.6 Å². The number of nitrogen functional groups attached to an aromatic ring is 1. The number of nitrogens with zero attached hydrogens (tertiary/aromatic N) is 2. The van der Waals surface area contributed by atoms with E-state index in [1.54, 1.807) is 23.8 Å². The van der Waals surface area contributed by atoms with Crippen LogP contribution in [0.25, 0.3) is 11.0 Å². The van der Waals surface area contributed by atoms with Crippen LogP contribution >= 0.6 is 0 Å². The molecule has 0 bridgehead atoms. The van der Waals surface area contributed by atoms with E-state index in [4.69, 9.17) is 10.5 Å². The van der Waals surface area contributed by atoms with Crippen molar-refractivity contribution in [3.63, 3.8) is 0 Å². The summed E-state index contributed by atoms with van der Waals surface area (Å²) in [5.41, 5.74) is 7.59. The lowest BCUT2D eigenvalue weighted by molar-refractivity contribution is 0.419. The zero-order valence-corrected chi connectivity index (χ0v) is 11.3. The zero-order valence-electron chi connectivity index (χ0n) is 11.3. The third-order valence-electron chi connectivity index (χ3n) is 3.33. The Morgan fingerprint density at radius 1 is 1.24 bits per heavy atom. The number of aromatic nitrogens is 2. The summed E-state index contributed by atoms with van der Waals surface area (Å²) in [6.07, 6.45) is 0. The number of benzene rings is 2. The summed E-state index contributed by atoms with van der Waals surface area (Å²) in [7, 11) is 1.55. The fourth-order valence-electron chi connectivity index (χ4n) is 2.29. The molecule has 0 radical (unpaired) electrons. The van der Waals surface area contributed by atoms with Gasteiger partial charge in [-0.25, -0.2) is 13.8 Å². The molecule has 0 aliphatic heterocycles. The molecule has 108 valence electrons. The molecule has 4 nitrogen and oxygen atoms in total. The Morgan fingerprint density at radius 3 is 2.76 bits per heavy atom. The highest BCUT2D eigenvalue weighted by atomic mass is 19.1. The molecule has 6 heteroatoms. The van der Waals surface area contributed by atoms with E-state index in [9.17, 15) is 8.78 Å². The molecule has 0 unspecified atom stereocenters. The van der Waals surface area contributed by atoms with Gasteiger partial charge in [-0.2, -0.15) is 0 Å². The van der Waals surface area contributed by atoms with E-state index >= 15 is 0 Å². The van der Waals surface area contributed by atoms with Crippen LogP contribution in [0.5, 0.6) is 5.75 Å². The number of nitrogens with two attached hydrogens (primary N) is 1. The lowest BCUT2D eigenvalue weighted by Crippen LogP contribution is -2.06. The van der Waals surface area contributed by atoms with Gasteiger partial charge in [0.1, 0.15) is 22.9 Å². The standard InChI is InChI=1S/C15H13F2N3O/c1-21-13-4-2-3-12-14(13)19-15(18)20(12)8-9-5-6-10(16)7-11(9)17/h2-7H,8H2,1H3,(H2,18,19). The van der Waals surface area contributed by atoms with Gasteiger partial charge in [-0.1, -0.05) is 12.1 Å². The fraction of sp³-hybridized carbons (Fsp3) is 0.133. The van der Waals surface area contributed by atoms with Gasteiger partial charge in [-0.3, -0.25) is 0 Å². The Labute approximate surface area is 119 Å². The quantitative estimate of drug-likeness (QED) is 0.806. The second kappa shape index (κ2) is 5.05. The number of imidazole rings is 1. The van der Waals surface area contributed by atoms with Gasteiger partial charge in [0, 0.05) is 11.6 Å². The van der Waals surface area contributed by atoms with Gasteiger partial charge in [-0.15, -0.1) is 0 Å². The van der Waals surface area contributed by atoms with E-state index in [0.29, 0.717) is 16.8 Å². The lowest BCUT2D eigenvalue weighted by atomic mass is 10.2. The first kappa shape index (κ1) is 13.4. The minimum Gasteiger partial charge on any atom is -0.494 e. The van der Waals surface area contributed by atoms with Crippen LogP contribution in [0.1, 0.15) is 5.56 Å². The van der Waals surface area contributed by atoms with Crippen molar-refractivity contribution in [3.8, 4) is 5.75 Å². The van der Waals surface area contributed by atoms with Gasteiger partial charge in [0.05, 0.1) is 19.2 Å². The first-order chi connectivity index (χ1) is 10.1. The highest BCUT2D eigenvalue weighted by Gasteiger charge is 2.14. The second-order valence-corrected chi connectivity index (χ2v) is 4.62. The average molecular weight is 289 g/mol. The summed E-state index contributed by atoms with van der Waals surface area (Å²) in [5.74, 6) is -0.378. The van der Waals surface area contributed by atoms with E-state index in [0.717, 1.165) is 11.6 Å². The largest absolute Gasteiger partial charge is 0.494 e. The minimum atomic E-state index is -0.612. The van der Waals surface area contributed by atoms with E-state index in [1.807, 2.05) is 6.07 Å². The molecule has 0 fully saturated rings. The number of ether oxygens (including phenoxy) is 1. The van der Waals surface area contributed by atoms with Gasteiger partial charge in [0.2, 0.25) is 5.95 Å². The molecule has 0 aliphatic rings. The Balaban J connectivity index is 2.10. The Kier molecular flexibility index (Phi) is 3.21. The number of methoxy groups -OCH3 is 1. The smallest absolute Gasteiger partial charge is 0.201 e. The number of anilines is 1. The number of rotatable bonds is 3. The van der Waals surface area contributed by atoms with E-state index in [-0.39, 0.29) is 12.5 Å². The molecule has 0 amide bonds. The van der Waals surface area contributed by atoms with Gasteiger partial charge >= 0.3 is 0 Å². The predicted octanol–water partition coefficient (Wildman–Crippen LogP) is 2.95. The number of hydrogen-bond acceptors (Lipinski definition) is 3. The normalized spacial score (nSPS) is 11.0. The highest BCUT2D eigenvalue weighted by molar-refractivity contribution is 5.84. The molecular formula is C15H13F2N3O. The van der Waals surface area contributed by atoms with E-state index in [1.165, 1.54) is 12.1 Å². The maximum Gasteiger partial charge on any atom is 0.201 e. The lowest BCUT2D eigenvalue weighted by Gasteiger charge is -2.08. The summed E-state index contributed by atoms with van der Waals surface area (Å²) < 4.78 is 33.6. The Bertz CT molecular complexity index is 814. The SMILES string of the molecule is COc1cccc2c1nc(N)n2Cc1ccc(F)cc1F. The van der Waals surface area contributed by atoms with Gasteiger partial charge in [0.25, 0.3) is 0 Å². The second-order valence-electron chi connectivity index (χ2n) is 4.62. The number of hydrogen-bond donors (Lipinski definition) is 1. The van der Waals surface area contributed by atoms with Gasteiger partial charge in [0.15, 0.2) is 0 Å². The van der Waals surface area contributed by atoms with Gasteiger partial charge < -0.3 is 15.0 Å². The molecule has 2 N–H and O–H groups in total. The Morgan fingerprint density at radius 2 is 2.05 bits per heavy atom. The van der Waals surface area contributed by atoms with Crippen molar-refractivity contribution in [2.24, 2.45) is 0 Å². The zero-order chi connectivity index (χ0) is 15.0. The summed E-state index contributed by atoms with van der Waals surface area (Å²) in [6, 6.07) is 8.87. The fourth-order valence-corrected chi connectivity index (χ4v) is 2.29. The molecular weight excluding hydrogens is 276 g/mol. The van der Waals surface area contributed by atoms with Crippen molar-refractivity contribution in [2.75, 3.05) is 12.8 Å². The molecule has 21 heavy (non-hydrogen) atoms. The van der Waals surface area contributed by atoms with Crippen molar-refractivity contribution < 1.29 is 13.5 Å². The Hall–Kier alpha value is -2.63. The summed E-state index contributed by atoms with van der Waals surface area (Å²) >= 11 is 0. The highest BCUT2D eigenvalue weighted by Crippen LogP contribution is 2.27. The summed E-state index contributed by atoms with van der Waals surface area (Å²) in [4.78, 5) is 4.25. The number of para-hydroxylation sites is 1. The maximum atomic E-state index is 13.8. The van der Waals surface area contributed by atoms with Crippen molar-refractivity contribution >= 4 is 17.0 Å². The van der Waals surface area contributed by atoms with Crippen LogP contribution in [0, 0.1) is 11.6 Å². The van der Waals surface area contributed by atoms with E-state index < -0.39 is 11.6 Å². The van der Waals surface area contributed by atoms with Crippen LogP contribution < -0.4 is 10.5 Å². The average Bonchev–Trinajstić information content (AvgIpc) is 2.78. The third kappa shape index (κ3) is 2.29. The third-order valence-corrected chi connectivity index (χ3v) is 3.33.